The minimum Gasteiger partial charge on any atom is -0.354 e. The summed E-state index contributed by atoms with van der Waals surface area (Å²) in [5, 5.41) is 18.5. The average molecular weight is 436 g/mol. The molecule has 1 unspecified atom stereocenters. The first kappa shape index (κ1) is 21.7. The number of non-ortho nitro benzene ring substituents is 1. The number of benzene rings is 2. The second-order valence-corrected chi connectivity index (χ2v) is 7.52. The van der Waals surface area contributed by atoms with Crippen LogP contribution in [-0.4, -0.2) is 53.0 Å². The minimum absolute atomic E-state index is 0.0388. The molecule has 0 spiro atoms. The number of methoxy groups -OCH3 is 2. The van der Waals surface area contributed by atoms with Crippen molar-refractivity contribution >= 4 is 11.6 Å². The molecule has 0 bridgehead atoms. The van der Waals surface area contributed by atoms with Crippen molar-refractivity contribution in [2.45, 2.75) is 25.7 Å². The lowest BCUT2D eigenvalue weighted by Crippen LogP contribution is -2.38. The zero-order valence-electron chi connectivity index (χ0n) is 18.1. The van der Waals surface area contributed by atoms with E-state index in [1.165, 1.54) is 31.9 Å². The number of nitrogens with zero attached hydrogens (tertiary/aromatic N) is 3. The predicted molar refractivity (Wildman–Crippen MR) is 117 cm³/mol. The van der Waals surface area contributed by atoms with Gasteiger partial charge in [0.25, 0.3) is 11.6 Å². The normalized spacial score (nSPS) is 15.4. The third kappa shape index (κ3) is 3.76. The second kappa shape index (κ2) is 8.89. The number of aromatic amines is 1. The van der Waals surface area contributed by atoms with E-state index in [-0.39, 0.29) is 18.1 Å². The first-order chi connectivity index (χ1) is 15.5. The molecule has 32 heavy (non-hydrogen) atoms. The Kier molecular flexibility index (Phi) is 6.02. The molecule has 2 heterocycles. The van der Waals surface area contributed by atoms with Crippen molar-refractivity contribution in [2.75, 3.05) is 20.8 Å². The Balaban J connectivity index is 1.85. The Bertz CT molecular complexity index is 1140. The lowest BCUT2D eigenvalue weighted by atomic mass is 9.95. The number of ether oxygens (including phenoxy) is 2. The molecule has 2 aromatic carbocycles. The highest BCUT2D eigenvalue weighted by Gasteiger charge is 2.43. The van der Waals surface area contributed by atoms with Crippen LogP contribution < -0.4 is 0 Å². The summed E-state index contributed by atoms with van der Waals surface area (Å²) in [6.07, 6.45) is 0.299. The third-order valence-corrected chi connectivity index (χ3v) is 5.77. The second-order valence-electron chi connectivity index (χ2n) is 7.52. The minimum atomic E-state index is -0.602. The fourth-order valence-electron chi connectivity index (χ4n) is 4.06. The number of aryl methyl sites for hydroxylation is 1. The summed E-state index contributed by atoms with van der Waals surface area (Å²) in [5.74, 6) is -0.229. The Hall–Kier alpha value is -3.56. The fraction of sp³-hybridized carbons (Fsp3) is 0.304. The van der Waals surface area contributed by atoms with Gasteiger partial charge in [0.15, 0.2) is 6.29 Å². The van der Waals surface area contributed by atoms with Crippen LogP contribution in [0.25, 0.3) is 11.3 Å². The van der Waals surface area contributed by atoms with Crippen LogP contribution in [0.4, 0.5) is 5.69 Å². The third-order valence-electron chi connectivity index (χ3n) is 5.77. The molecule has 3 aromatic rings. The molecule has 0 fully saturated rings. The van der Waals surface area contributed by atoms with Gasteiger partial charge in [0.05, 0.1) is 23.2 Å². The van der Waals surface area contributed by atoms with E-state index in [1.807, 2.05) is 24.3 Å². The predicted octanol–water partition coefficient (Wildman–Crippen LogP) is 3.71. The summed E-state index contributed by atoms with van der Waals surface area (Å²) in [6, 6.07) is 13.9. The Morgan fingerprint density at radius 1 is 1.19 bits per heavy atom. The number of nitro benzene ring substituents is 1. The lowest BCUT2D eigenvalue weighted by molar-refractivity contribution is -0.384. The number of H-pyrrole nitrogens is 1. The van der Waals surface area contributed by atoms with Gasteiger partial charge in [-0.1, -0.05) is 43.3 Å². The first-order valence-corrected chi connectivity index (χ1v) is 10.3. The van der Waals surface area contributed by atoms with Crippen LogP contribution in [0, 0.1) is 10.1 Å². The SMILES string of the molecule is CCc1ccc(C2c3c(-c4cccc([N+](=O)[O-])c4)n[nH]c3C(=O)N2CC(OC)OC)cc1. The van der Waals surface area contributed by atoms with E-state index in [9.17, 15) is 14.9 Å². The number of rotatable bonds is 8. The highest BCUT2D eigenvalue weighted by Crippen LogP contribution is 2.43. The summed E-state index contributed by atoms with van der Waals surface area (Å²) in [7, 11) is 3.05. The highest BCUT2D eigenvalue weighted by molar-refractivity contribution is 6.00. The number of nitro groups is 1. The number of hydrogen-bond donors (Lipinski definition) is 1. The molecule has 1 amide bonds. The molecule has 1 aliphatic rings. The van der Waals surface area contributed by atoms with Crippen molar-refractivity contribution in [3.8, 4) is 11.3 Å². The number of amides is 1. The number of nitrogens with one attached hydrogen (secondary N) is 1. The summed E-state index contributed by atoms with van der Waals surface area (Å²) >= 11 is 0. The number of aromatic nitrogens is 2. The zero-order valence-corrected chi connectivity index (χ0v) is 18.1. The zero-order chi connectivity index (χ0) is 22.8. The maximum Gasteiger partial charge on any atom is 0.273 e. The van der Waals surface area contributed by atoms with Crippen molar-refractivity contribution in [3.05, 3.63) is 81.0 Å². The molecule has 1 atom stereocenters. The molecule has 1 aromatic heterocycles. The van der Waals surface area contributed by atoms with Gasteiger partial charge in [-0.15, -0.1) is 0 Å². The van der Waals surface area contributed by atoms with E-state index in [0.717, 1.165) is 12.0 Å². The maximum absolute atomic E-state index is 13.3. The smallest absolute Gasteiger partial charge is 0.273 e. The Morgan fingerprint density at radius 3 is 2.53 bits per heavy atom. The molecule has 1 N–H and O–H groups in total. The van der Waals surface area contributed by atoms with Crippen molar-refractivity contribution < 1.29 is 19.2 Å². The van der Waals surface area contributed by atoms with Gasteiger partial charge < -0.3 is 14.4 Å². The Morgan fingerprint density at radius 2 is 1.91 bits per heavy atom. The molecule has 9 nitrogen and oxygen atoms in total. The molecule has 0 saturated heterocycles. The topological polar surface area (TPSA) is 111 Å². The van der Waals surface area contributed by atoms with Crippen molar-refractivity contribution in [1.82, 2.24) is 15.1 Å². The van der Waals surface area contributed by atoms with Gasteiger partial charge in [-0.3, -0.25) is 20.0 Å². The highest BCUT2D eigenvalue weighted by atomic mass is 16.7. The van der Waals surface area contributed by atoms with E-state index >= 15 is 0 Å². The molecule has 9 heteroatoms. The van der Waals surface area contributed by atoms with E-state index < -0.39 is 17.3 Å². The van der Waals surface area contributed by atoms with Crippen molar-refractivity contribution in [3.63, 3.8) is 0 Å². The molecule has 4 rings (SSSR count). The Labute approximate surface area is 185 Å². The molecule has 1 aliphatic heterocycles. The van der Waals surface area contributed by atoms with Gasteiger partial charge >= 0.3 is 0 Å². The van der Waals surface area contributed by atoms with Crippen molar-refractivity contribution in [2.24, 2.45) is 0 Å². The van der Waals surface area contributed by atoms with Crippen LogP contribution in [0.15, 0.2) is 48.5 Å². The van der Waals surface area contributed by atoms with Crippen LogP contribution >= 0.6 is 0 Å². The molecule has 0 aliphatic carbocycles. The largest absolute Gasteiger partial charge is 0.354 e. The van der Waals surface area contributed by atoms with Gasteiger partial charge in [-0.2, -0.15) is 5.10 Å². The first-order valence-electron chi connectivity index (χ1n) is 10.3. The van der Waals surface area contributed by atoms with E-state index in [1.54, 1.807) is 17.0 Å². The maximum atomic E-state index is 13.3. The van der Waals surface area contributed by atoms with Crippen molar-refractivity contribution in [1.29, 1.82) is 0 Å². The number of carbonyl (C=O) groups excluding carboxylic acids is 1. The average Bonchev–Trinajstić information content (AvgIpc) is 3.36. The van der Waals surface area contributed by atoms with Crippen LogP contribution in [-0.2, 0) is 15.9 Å². The monoisotopic (exact) mass is 436 g/mol. The summed E-state index contributed by atoms with van der Waals surface area (Å²) in [5.41, 5.74) is 4.18. The number of fused-ring (bicyclic) bond motifs is 1. The molecule has 0 radical (unpaired) electrons. The van der Waals surface area contributed by atoms with Crippen LogP contribution in [0.2, 0.25) is 0 Å². The van der Waals surface area contributed by atoms with E-state index in [4.69, 9.17) is 9.47 Å². The van der Waals surface area contributed by atoms with E-state index in [0.29, 0.717) is 22.5 Å². The summed E-state index contributed by atoms with van der Waals surface area (Å²) in [4.78, 5) is 25.8. The lowest BCUT2D eigenvalue weighted by Gasteiger charge is -2.29. The number of hydrogen-bond acceptors (Lipinski definition) is 6. The van der Waals surface area contributed by atoms with Crippen LogP contribution in [0.3, 0.4) is 0 Å². The fourth-order valence-corrected chi connectivity index (χ4v) is 4.06. The molecule has 166 valence electrons. The summed E-state index contributed by atoms with van der Waals surface area (Å²) < 4.78 is 10.7. The van der Waals surface area contributed by atoms with E-state index in [2.05, 4.69) is 17.1 Å². The van der Waals surface area contributed by atoms with Gasteiger partial charge in [0, 0.05) is 37.5 Å². The van der Waals surface area contributed by atoms with Crippen LogP contribution in [0.1, 0.15) is 40.1 Å². The van der Waals surface area contributed by atoms with Gasteiger partial charge in [0.1, 0.15) is 5.69 Å². The molecular formula is C23H24N4O5. The number of carbonyl (C=O) groups is 1. The van der Waals surface area contributed by atoms with Gasteiger partial charge in [0.2, 0.25) is 0 Å². The van der Waals surface area contributed by atoms with Gasteiger partial charge in [-0.05, 0) is 17.5 Å². The molecular weight excluding hydrogens is 412 g/mol. The summed E-state index contributed by atoms with van der Waals surface area (Å²) in [6.45, 7) is 2.29. The quantitative estimate of drug-likeness (QED) is 0.327. The standard InChI is InChI=1S/C23H24N4O5/c1-4-14-8-10-15(11-9-14)22-19-20(16-6-5-7-17(12-16)27(29)30)24-25-21(19)23(28)26(22)13-18(31-2)32-3/h5-12,18,22H,4,13H2,1-3H3,(H,24,25). The van der Waals surface area contributed by atoms with Gasteiger partial charge in [-0.25, -0.2) is 0 Å². The molecule has 0 saturated carbocycles. The van der Waals surface area contributed by atoms with Crippen LogP contribution in [0.5, 0.6) is 0 Å².